The van der Waals surface area contributed by atoms with Gasteiger partial charge in [-0.05, 0) is 55.8 Å². The molecule has 0 spiro atoms. The van der Waals surface area contributed by atoms with E-state index < -0.39 is 5.97 Å². The van der Waals surface area contributed by atoms with E-state index >= 15 is 0 Å². The molecule has 7 heteroatoms. The van der Waals surface area contributed by atoms with Gasteiger partial charge in [0.25, 0.3) is 5.91 Å². The molecule has 7 nitrogen and oxygen atoms in total. The molecular weight excluding hydrogens is 348 g/mol. The molecule has 0 saturated heterocycles. The molecule has 0 bridgehead atoms. The van der Waals surface area contributed by atoms with E-state index in [2.05, 4.69) is 10.5 Å². The lowest BCUT2D eigenvalue weighted by Gasteiger charge is -2.09. The number of amides is 1. The van der Waals surface area contributed by atoms with Crippen molar-refractivity contribution >= 4 is 18.1 Å². The Morgan fingerprint density at radius 2 is 1.81 bits per heavy atom. The first-order chi connectivity index (χ1) is 13.0. The summed E-state index contributed by atoms with van der Waals surface area (Å²) >= 11 is 0. The average molecular weight is 370 g/mol. The van der Waals surface area contributed by atoms with Gasteiger partial charge in [-0.25, -0.2) is 10.2 Å². The zero-order valence-corrected chi connectivity index (χ0v) is 15.5. The second-order valence-corrected chi connectivity index (χ2v) is 5.80. The molecule has 2 aromatic carbocycles. The van der Waals surface area contributed by atoms with Gasteiger partial charge >= 0.3 is 5.97 Å². The Bertz CT molecular complexity index is 800. The minimum absolute atomic E-state index is 0.152. The quantitative estimate of drug-likeness (QED) is 0.439. The Hall–Kier alpha value is -3.35. The van der Waals surface area contributed by atoms with E-state index in [9.17, 15) is 9.59 Å². The summed E-state index contributed by atoms with van der Waals surface area (Å²) in [6.45, 7) is 3.40. The number of ether oxygens (including phenoxy) is 3. The number of benzene rings is 2. The van der Waals surface area contributed by atoms with Gasteiger partial charge in [-0.3, -0.25) is 4.79 Å². The third-order valence-electron chi connectivity index (χ3n) is 3.34. The van der Waals surface area contributed by atoms with Crippen LogP contribution in [-0.4, -0.2) is 37.9 Å². The maximum Gasteiger partial charge on any atom is 0.344 e. The zero-order valence-electron chi connectivity index (χ0n) is 15.5. The Morgan fingerprint density at radius 3 is 2.48 bits per heavy atom. The van der Waals surface area contributed by atoms with E-state index in [4.69, 9.17) is 14.2 Å². The van der Waals surface area contributed by atoms with Crippen LogP contribution in [0.15, 0.2) is 53.6 Å². The van der Waals surface area contributed by atoms with Crippen LogP contribution >= 0.6 is 0 Å². The van der Waals surface area contributed by atoms with Gasteiger partial charge < -0.3 is 14.2 Å². The van der Waals surface area contributed by atoms with Crippen molar-refractivity contribution < 1.29 is 23.8 Å². The molecule has 1 amide bonds. The lowest BCUT2D eigenvalue weighted by atomic mass is 10.2. The van der Waals surface area contributed by atoms with Crippen molar-refractivity contribution in [3.8, 4) is 11.5 Å². The number of hydrogen-bond acceptors (Lipinski definition) is 6. The minimum Gasteiger partial charge on any atom is -0.496 e. The Labute approximate surface area is 157 Å². The molecule has 0 unspecified atom stereocenters. The molecule has 27 heavy (non-hydrogen) atoms. The number of nitrogens with one attached hydrogen (secondary N) is 1. The van der Waals surface area contributed by atoms with Crippen LogP contribution in [0.2, 0.25) is 0 Å². The summed E-state index contributed by atoms with van der Waals surface area (Å²) in [6.07, 6.45) is 1.33. The largest absolute Gasteiger partial charge is 0.496 e. The standard InChI is InChI=1S/C20H22N2O5/c1-14(2)27-19(23)13-26-16-10-8-15(9-11-16)12-21-22-20(24)17-6-4-5-7-18(17)25-3/h4-12,14H,13H2,1-3H3,(H,22,24)/b21-12-. The van der Waals surface area contributed by atoms with Crippen LogP contribution in [0.3, 0.4) is 0 Å². The molecule has 0 aliphatic rings. The number of nitrogens with zero attached hydrogens (tertiary/aromatic N) is 1. The molecule has 142 valence electrons. The summed E-state index contributed by atoms with van der Waals surface area (Å²) in [5.41, 5.74) is 3.61. The highest BCUT2D eigenvalue weighted by Crippen LogP contribution is 2.16. The normalized spacial score (nSPS) is 10.7. The van der Waals surface area contributed by atoms with Crippen LogP contribution in [0.5, 0.6) is 11.5 Å². The highest BCUT2D eigenvalue weighted by atomic mass is 16.6. The Morgan fingerprint density at radius 1 is 1.11 bits per heavy atom. The average Bonchev–Trinajstić information content (AvgIpc) is 2.66. The predicted molar refractivity (Wildman–Crippen MR) is 101 cm³/mol. The minimum atomic E-state index is -0.422. The van der Waals surface area contributed by atoms with E-state index in [1.165, 1.54) is 13.3 Å². The van der Waals surface area contributed by atoms with E-state index in [0.717, 1.165) is 5.56 Å². The number of hydrazone groups is 1. The number of esters is 1. The monoisotopic (exact) mass is 370 g/mol. The molecular formula is C20H22N2O5. The van der Waals surface area contributed by atoms with Crippen molar-refractivity contribution in [3.05, 3.63) is 59.7 Å². The van der Waals surface area contributed by atoms with Crippen molar-refractivity contribution in [2.45, 2.75) is 20.0 Å². The molecule has 0 saturated carbocycles. The van der Waals surface area contributed by atoms with Crippen molar-refractivity contribution in [2.75, 3.05) is 13.7 Å². The first kappa shape index (κ1) is 20.0. The molecule has 0 aliphatic carbocycles. The summed E-state index contributed by atoms with van der Waals surface area (Å²) in [6, 6.07) is 13.8. The van der Waals surface area contributed by atoms with E-state index in [0.29, 0.717) is 17.1 Å². The van der Waals surface area contributed by atoms with Crippen LogP contribution in [0.4, 0.5) is 0 Å². The summed E-state index contributed by atoms with van der Waals surface area (Å²) in [5.74, 6) is 0.218. The number of carbonyl (C=O) groups excluding carboxylic acids is 2. The summed E-state index contributed by atoms with van der Waals surface area (Å²) in [5, 5.41) is 3.93. The lowest BCUT2D eigenvalue weighted by molar-refractivity contribution is -0.149. The number of para-hydroxylation sites is 1. The lowest BCUT2D eigenvalue weighted by Crippen LogP contribution is -2.18. The predicted octanol–water partition coefficient (Wildman–Crippen LogP) is 2.79. The number of rotatable bonds is 8. The van der Waals surface area contributed by atoms with Crippen molar-refractivity contribution in [1.29, 1.82) is 0 Å². The van der Waals surface area contributed by atoms with E-state index in [-0.39, 0.29) is 18.6 Å². The third kappa shape index (κ3) is 6.47. The van der Waals surface area contributed by atoms with Crippen LogP contribution in [0, 0.1) is 0 Å². The van der Waals surface area contributed by atoms with Gasteiger partial charge in [0.1, 0.15) is 11.5 Å². The number of hydrogen-bond donors (Lipinski definition) is 1. The Balaban J connectivity index is 1.87. The number of methoxy groups -OCH3 is 1. The smallest absolute Gasteiger partial charge is 0.344 e. The van der Waals surface area contributed by atoms with Crippen LogP contribution < -0.4 is 14.9 Å². The van der Waals surface area contributed by atoms with Gasteiger partial charge in [-0.1, -0.05) is 12.1 Å². The van der Waals surface area contributed by atoms with Crippen LogP contribution in [-0.2, 0) is 9.53 Å². The van der Waals surface area contributed by atoms with Crippen LogP contribution in [0.25, 0.3) is 0 Å². The maximum atomic E-state index is 12.1. The van der Waals surface area contributed by atoms with Gasteiger partial charge in [-0.2, -0.15) is 5.10 Å². The zero-order chi connectivity index (χ0) is 19.6. The first-order valence-corrected chi connectivity index (χ1v) is 8.38. The molecule has 0 atom stereocenters. The number of carbonyl (C=O) groups is 2. The van der Waals surface area contributed by atoms with Gasteiger partial charge in [0.15, 0.2) is 6.61 Å². The highest BCUT2D eigenvalue weighted by Gasteiger charge is 2.10. The molecule has 2 aromatic rings. The van der Waals surface area contributed by atoms with Gasteiger partial charge in [0.2, 0.25) is 0 Å². The maximum absolute atomic E-state index is 12.1. The molecule has 0 aromatic heterocycles. The molecule has 0 heterocycles. The third-order valence-corrected chi connectivity index (χ3v) is 3.34. The SMILES string of the molecule is COc1ccccc1C(=O)N/N=C\c1ccc(OCC(=O)OC(C)C)cc1. The summed E-state index contributed by atoms with van der Waals surface area (Å²) in [7, 11) is 1.50. The van der Waals surface area contributed by atoms with Crippen LogP contribution in [0.1, 0.15) is 29.8 Å². The van der Waals surface area contributed by atoms with Crippen molar-refractivity contribution in [2.24, 2.45) is 5.10 Å². The van der Waals surface area contributed by atoms with Crippen molar-refractivity contribution in [1.82, 2.24) is 5.43 Å². The molecule has 1 N–H and O–H groups in total. The topological polar surface area (TPSA) is 86.2 Å². The fourth-order valence-corrected chi connectivity index (χ4v) is 2.15. The second kappa shape index (κ2) is 9.96. The highest BCUT2D eigenvalue weighted by molar-refractivity contribution is 5.97. The molecule has 0 aliphatic heterocycles. The van der Waals surface area contributed by atoms with E-state index in [1.807, 2.05) is 0 Å². The van der Waals surface area contributed by atoms with Crippen molar-refractivity contribution in [3.63, 3.8) is 0 Å². The molecule has 2 rings (SSSR count). The fraction of sp³-hybridized carbons (Fsp3) is 0.250. The van der Waals surface area contributed by atoms with E-state index in [1.54, 1.807) is 62.4 Å². The Kier molecular flexibility index (Phi) is 7.37. The summed E-state index contributed by atoms with van der Waals surface area (Å²) in [4.78, 5) is 23.6. The summed E-state index contributed by atoms with van der Waals surface area (Å²) < 4.78 is 15.5. The van der Waals surface area contributed by atoms with Gasteiger partial charge in [0, 0.05) is 0 Å². The van der Waals surface area contributed by atoms with Gasteiger partial charge in [0.05, 0.1) is 25.0 Å². The molecule has 0 radical (unpaired) electrons. The molecule has 0 fully saturated rings. The van der Waals surface area contributed by atoms with Gasteiger partial charge in [-0.15, -0.1) is 0 Å². The second-order valence-electron chi connectivity index (χ2n) is 5.80. The first-order valence-electron chi connectivity index (χ1n) is 8.38. The fourth-order valence-electron chi connectivity index (χ4n) is 2.15.